The van der Waals surface area contributed by atoms with E-state index in [1.807, 2.05) is 40.6 Å². The summed E-state index contributed by atoms with van der Waals surface area (Å²) < 4.78 is 5.25. The van der Waals surface area contributed by atoms with Crippen LogP contribution in [-0.4, -0.2) is 39.9 Å². The summed E-state index contributed by atoms with van der Waals surface area (Å²) in [4.78, 5) is 31.3. The predicted octanol–water partition coefficient (Wildman–Crippen LogP) is 3.28. The SMILES string of the molecule is O=C(NCC(=O)N1CCCCC1c1nccs1)c1cc(-c2ccccc2)on1. The van der Waals surface area contributed by atoms with Crippen molar-refractivity contribution >= 4 is 23.2 Å². The quantitative estimate of drug-likeness (QED) is 0.715. The Labute approximate surface area is 166 Å². The molecule has 0 bridgehead atoms. The molecule has 2 aromatic heterocycles. The third-order valence-corrected chi connectivity index (χ3v) is 5.64. The first kappa shape index (κ1) is 18.4. The lowest BCUT2D eigenvalue weighted by Crippen LogP contribution is -2.44. The Bertz CT molecular complexity index is 940. The Morgan fingerprint density at radius 3 is 2.89 bits per heavy atom. The topological polar surface area (TPSA) is 88.3 Å². The minimum absolute atomic E-state index is 0.00474. The van der Waals surface area contributed by atoms with Crippen molar-refractivity contribution in [2.75, 3.05) is 13.1 Å². The molecule has 3 heterocycles. The zero-order valence-electron chi connectivity index (χ0n) is 15.2. The number of hydrogen-bond acceptors (Lipinski definition) is 6. The van der Waals surface area contributed by atoms with Gasteiger partial charge in [-0.25, -0.2) is 4.98 Å². The molecule has 0 saturated carbocycles. The zero-order chi connectivity index (χ0) is 19.3. The summed E-state index contributed by atoms with van der Waals surface area (Å²) in [5.74, 6) is -0.0287. The van der Waals surface area contributed by atoms with E-state index >= 15 is 0 Å². The summed E-state index contributed by atoms with van der Waals surface area (Å²) >= 11 is 1.56. The van der Waals surface area contributed by atoms with Gasteiger partial charge < -0.3 is 14.7 Å². The normalized spacial score (nSPS) is 16.7. The third-order valence-electron chi connectivity index (χ3n) is 4.76. The van der Waals surface area contributed by atoms with E-state index < -0.39 is 5.91 Å². The van der Waals surface area contributed by atoms with Crippen molar-refractivity contribution < 1.29 is 14.1 Å². The molecule has 0 spiro atoms. The fourth-order valence-corrected chi connectivity index (χ4v) is 4.14. The van der Waals surface area contributed by atoms with E-state index in [1.54, 1.807) is 23.6 Å². The number of aromatic nitrogens is 2. The molecule has 1 unspecified atom stereocenters. The van der Waals surface area contributed by atoms with Crippen LogP contribution in [0.2, 0.25) is 0 Å². The van der Waals surface area contributed by atoms with Gasteiger partial charge in [-0.2, -0.15) is 0 Å². The Kier molecular flexibility index (Phi) is 5.48. The molecular weight excluding hydrogens is 376 g/mol. The van der Waals surface area contributed by atoms with Crippen molar-refractivity contribution in [2.24, 2.45) is 0 Å². The number of benzene rings is 1. The lowest BCUT2D eigenvalue weighted by atomic mass is 10.0. The van der Waals surface area contributed by atoms with Gasteiger partial charge in [0.05, 0.1) is 12.6 Å². The molecule has 4 rings (SSSR count). The molecule has 1 atom stereocenters. The van der Waals surface area contributed by atoms with Crippen molar-refractivity contribution in [3.05, 3.63) is 58.7 Å². The highest BCUT2D eigenvalue weighted by atomic mass is 32.1. The molecule has 8 heteroatoms. The minimum Gasteiger partial charge on any atom is -0.355 e. The molecule has 1 saturated heterocycles. The maximum Gasteiger partial charge on any atom is 0.273 e. The maximum absolute atomic E-state index is 12.7. The number of nitrogens with zero attached hydrogens (tertiary/aromatic N) is 3. The molecule has 2 amide bonds. The van der Waals surface area contributed by atoms with E-state index in [-0.39, 0.29) is 24.2 Å². The summed E-state index contributed by atoms with van der Waals surface area (Å²) in [5, 5.41) is 9.34. The van der Waals surface area contributed by atoms with E-state index in [0.29, 0.717) is 12.3 Å². The van der Waals surface area contributed by atoms with Gasteiger partial charge in [0.2, 0.25) is 5.91 Å². The predicted molar refractivity (Wildman–Crippen MR) is 105 cm³/mol. The number of piperidine rings is 1. The summed E-state index contributed by atoms with van der Waals surface area (Å²) in [7, 11) is 0. The highest BCUT2D eigenvalue weighted by Gasteiger charge is 2.29. The number of amides is 2. The number of thiazole rings is 1. The summed E-state index contributed by atoms with van der Waals surface area (Å²) in [6.45, 7) is 0.606. The Morgan fingerprint density at radius 1 is 1.25 bits per heavy atom. The van der Waals surface area contributed by atoms with Crippen LogP contribution in [0.4, 0.5) is 0 Å². The fraction of sp³-hybridized carbons (Fsp3) is 0.300. The molecule has 1 aliphatic heterocycles. The number of rotatable bonds is 5. The first-order chi connectivity index (χ1) is 13.7. The van der Waals surface area contributed by atoms with Gasteiger partial charge in [-0.15, -0.1) is 11.3 Å². The van der Waals surface area contributed by atoms with Gasteiger partial charge >= 0.3 is 0 Å². The van der Waals surface area contributed by atoms with Crippen LogP contribution in [0.1, 0.15) is 40.8 Å². The Balaban J connectivity index is 1.38. The van der Waals surface area contributed by atoms with Gasteiger partial charge in [0.15, 0.2) is 11.5 Å². The van der Waals surface area contributed by atoms with Crippen molar-refractivity contribution in [1.29, 1.82) is 0 Å². The average Bonchev–Trinajstić information content (AvgIpc) is 3.45. The molecular formula is C20H20N4O3S. The minimum atomic E-state index is -0.429. The first-order valence-corrected chi connectivity index (χ1v) is 10.1. The van der Waals surface area contributed by atoms with Gasteiger partial charge in [-0.3, -0.25) is 9.59 Å². The lowest BCUT2D eigenvalue weighted by Gasteiger charge is -2.34. The molecule has 1 N–H and O–H groups in total. The number of carbonyl (C=O) groups is 2. The second-order valence-corrected chi connectivity index (χ2v) is 7.52. The van der Waals surface area contributed by atoms with Crippen LogP contribution < -0.4 is 5.32 Å². The van der Waals surface area contributed by atoms with E-state index in [9.17, 15) is 9.59 Å². The van der Waals surface area contributed by atoms with E-state index in [0.717, 1.165) is 29.8 Å². The van der Waals surface area contributed by atoms with E-state index in [2.05, 4.69) is 15.5 Å². The molecule has 0 aliphatic carbocycles. The van der Waals surface area contributed by atoms with Gasteiger partial charge in [-0.05, 0) is 19.3 Å². The van der Waals surface area contributed by atoms with Gasteiger partial charge in [0, 0.05) is 29.8 Å². The van der Waals surface area contributed by atoms with Gasteiger partial charge in [0.1, 0.15) is 5.01 Å². The maximum atomic E-state index is 12.7. The first-order valence-electron chi connectivity index (χ1n) is 9.21. The third kappa shape index (κ3) is 3.96. The fourth-order valence-electron chi connectivity index (χ4n) is 3.35. The van der Waals surface area contributed by atoms with Crippen LogP contribution in [0.3, 0.4) is 0 Å². The van der Waals surface area contributed by atoms with Crippen molar-refractivity contribution in [2.45, 2.75) is 25.3 Å². The second-order valence-electron chi connectivity index (χ2n) is 6.59. The summed E-state index contributed by atoms with van der Waals surface area (Å²) in [5.41, 5.74) is 0.992. The van der Waals surface area contributed by atoms with Crippen LogP contribution >= 0.6 is 11.3 Å². The van der Waals surface area contributed by atoms with E-state index in [1.165, 1.54) is 0 Å². The van der Waals surface area contributed by atoms with Gasteiger partial charge in [-0.1, -0.05) is 35.5 Å². The number of likely N-dealkylation sites (tertiary alicyclic amines) is 1. The number of nitrogens with one attached hydrogen (secondary N) is 1. The largest absolute Gasteiger partial charge is 0.355 e. The molecule has 1 aliphatic rings. The van der Waals surface area contributed by atoms with Crippen LogP contribution in [-0.2, 0) is 4.79 Å². The molecule has 28 heavy (non-hydrogen) atoms. The Morgan fingerprint density at radius 2 is 2.11 bits per heavy atom. The Hall–Kier alpha value is -3.00. The van der Waals surface area contributed by atoms with Crippen LogP contribution in [0.5, 0.6) is 0 Å². The lowest BCUT2D eigenvalue weighted by molar-refractivity contribution is -0.133. The van der Waals surface area contributed by atoms with Crippen molar-refractivity contribution in [1.82, 2.24) is 20.4 Å². The molecule has 3 aromatic rings. The van der Waals surface area contributed by atoms with Crippen molar-refractivity contribution in [3.8, 4) is 11.3 Å². The molecule has 0 radical (unpaired) electrons. The van der Waals surface area contributed by atoms with Crippen LogP contribution in [0.15, 0.2) is 52.5 Å². The summed E-state index contributed by atoms with van der Waals surface area (Å²) in [6.07, 6.45) is 4.69. The zero-order valence-corrected chi connectivity index (χ0v) is 16.0. The highest BCUT2D eigenvalue weighted by Crippen LogP contribution is 2.31. The highest BCUT2D eigenvalue weighted by molar-refractivity contribution is 7.09. The standard InChI is InChI=1S/C20H20N4O3S/c25-18(24-10-5-4-8-16(24)20-21-9-11-28-20)13-22-19(26)15-12-17(27-23-15)14-6-2-1-3-7-14/h1-3,6-7,9,11-12,16H,4-5,8,10,13H2,(H,22,26). The number of hydrogen-bond donors (Lipinski definition) is 1. The molecule has 144 valence electrons. The second kappa shape index (κ2) is 8.35. The smallest absolute Gasteiger partial charge is 0.273 e. The molecule has 7 nitrogen and oxygen atoms in total. The van der Waals surface area contributed by atoms with Crippen molar-refractivity contribution in [3.63, 3.8) is 0 Å². The van der Waals surface area contributed by atoms with E-state index in [4.69, 9.17) is 4.52 Å². The van der Waals surface area contributed by atoms with Crippen LogP contribution in [0, 0.1) is 0 Å². The average molecular weight is 396 g/mol. The monoisotopic (exact) mass is 396 g/mol. The molecule has 1 aromatic carbocycles. The number of carbonyl (C=O) groups excluding carboxylic acids is 2. The van der Waals surface area contributed by atoms with Crippen LogP contribution in [0.25, 0.3) is 11.3 Å². The summed E-state index contributed by atoms with van der Waals surface area (Å²) in [6, 6.07) is 11.0. The van der Waals surface area contributed by atoms with Gasteiger partial charge in [0.25, 0.3) is 5.91 Å². The molecule has 1 fully saturated rings.